The van der Waals surface area contributed by atoms with Crippen LogP contribution in [0.15, 0.2) is 24.4 Å². The number of anilines is 1. The van der Waals surface area contributed by atoms with Crippen molar-refractivity contribution in [3.8, 4) is 0 Å². The number of nitro benzene ring substituents is 1. The van der Waals surface area contributed by atoms with Gasteiger partial charge in [-0.3, -0.25) is 10.1 Å². The minimum atomic E-state index is -0.535. The molecule has 2 N–H and O–H groups in total. The van der Waals surface area contributed by atoms with E-state index in [4.69, 9.17) is 11.6 Å². The molecule has 0 saturated carbocycles. The Bertz CT molecular complexity index is 674. The summed E-state index contributed by atoms with van der Waals surface area (Å²) in [7, 11) is 1.45. The molecular weight excluding hydrogens is 272 g/mol. The number of carbonyl (C=O) groups is 1. The van der Waals surface area contributed by atoms with Crippen molar-refractivity contribution in [2.75, 3.05) is 12.4 Å². The third-order valence-electron chi connectivity index (χ3n) is 2.49. The van der Waals surface area contributed by atoms with Gasteiger partial charge in [0.1, 0.15) is 5.52 Å². The first kappa shape index (κ1) is 13.0. The Morgan fingerprint density at radius 3 is 2.84 bits per heavy atom. The number of nitrogens with one attached hydrogen (secondary N) is 2. The first-order valence-electron chi connectivity index (χ1n) is 5.25. The average molecular weight is 281 g/mol. The van der Waals surface area contributed by atoms with Crippen LogP contribution in [0.5, 0.6) is 0 Å². The Morgan fingerprint density at radius 1 is 1.47 bits per heavy atom. The molecule has 2 amide bonds. The normalized spacial score (nSPS) is 10.2. The van der Waals surface area contributed by atoms with E-state index in [0.717, 1.165) is 0 Å². The number of non-ortho nitro benzene ring substituents is 1. The molecule has 2 aromatic rings. The van der Waals surface area contributed by atoms with Crippen LogP contribution in [-0.2, 0) is 0 Å². The lowest BCUT2D eigenvalue weighted by Crippen LogP contribution is -2.24. The van der Waals surface area contributed by atoms with Crippen LogP contribution in [0.25, 0.3) is 10.9 Å². The number of aromatic nitrogens is 1. The van der Waals surface area contributed by atoms with Gasteiger partial charge in [-0.15, -0.1) is 0 Å². The molecule has 0 bridgehead atoms. The van der Waals surface area contributed by atoms with Crippen molar-refractivity contribution < 1.29 is 9.72 Å². The van der Waals surface area contributed by atoms with Gasteiger partial charge in [-0.1, -0.05) is 23.7 Å². The molecular formula is C11H9ClN4O3. The number of rotatable bonds is 2. The number of fused-ring (bicyclic) bond motifs is 1. The number of amides is 2. The minimum absolute atomic E-state index is 0.144. The number of hydrogen-bond acceptors (Lipinski definition) is 4. The van der Waals surface area contributed by atoms with E-state index >= 15 is 0 Å². The second-order valence-corrected chi connectivity index (χ2v) is 4.02. The number of nitro groups is 1. The molecule has 0 unspecified atom stereocenters. The lowest BCUT2D eigenvalue weighted by molar-refractivity contribution is -0.383. The molecule has 1 heterocycles. The number of hydrogen-bond donors (Lipinski definition) is 2. The van der Waals surface area contributed by atoms with E-state index in [2.05, 4.69) is 15.6 Å². The van der Waals surface area contributed by atoms with Crippen molar-refractivity contribution in [3.05, 3.63) is 39.5 Å². The number of para-hydroxylation sites is 1. The first-order chi connectivity index (χ1) is 9.04. The second kappa shape index (κ2) is 5.07. The van der Waals surface area contributed by atoms with Crippen molar-refractivity contribution in [3.63, 3.8) is 0 Å². The van der Waals surface area contributed by atoms with Crippen LogP contribution in [0.1, 0.15) is 0 Å². The van der Waals surface area contributed by atoms with Crippen molar-refractivity contribution in [1.82, 2.24) is 10.3 Å². The molecule has 0 aliphatic heterocycles. The van der Waals surface area contributed by atoms with Crippen molar-refractivity contribution in [1.29, 1.82) is 0 Å². The van der Waals surface area contributed by atoms with Crippen LogP contribution in [0.3, 0.4) is 0 Å². The summed E-state index contributed by atoms with van der Waals surface area (Å²) >= 11 is 5.96. The number of carbonyl (C=O) groups excluding carboxylic acids is 1. The van der Waals surface area contributed by atoms with E-state index in [1.165, 1.54) is 25.4 Å². The van der Waals surface area contributed by atoms with Gasteiger partial charge in [-0.2, -0.15) is 0 Å². The van der Waals surface area contributed by atoms with Crippen LogP contribution in [0.4, 0.5) is 16.2 Å². The summed E-state index contributed by atoms with van der Waals surface area (Å²) in [4.78, 5) is 25.7. The van der Waals surface area contributed by atoms with Crippen LogP contribution >= 0.6 is 11.6 Å². The van der Waals surface area contributed by atoms with Crippen LogP contribution in [0.2, 0.25) is 5.02 Å². The topological polar surface area (TPSA) is 97.2 Å². The third kappa shape index (κ3) is 2.41. The largest absolute Gasteiger partial charge is 0.341 e. The summed E-state index contributed by atoms with van der Waals surface area (Å²) < 4.78 is 0. The second-order valence-electron chi connectivity index (χ2n) is 3.62. The zero-order valence-corrected chi connectivity index (χ0v) is 10.6. The van der Waals surface area contributed by atoms with E-state index in [9.17, 15) is 14.9 Å². The maximum absolute atomic E-state index is 11.4. The Labute approximate surface area is 112 Å². The van der Waals surface area contributed by atoms with Crippen LogP contribution < -0.4 is 10.6 Å². The number of pyridine rings is 1. The highest BCUT2D eigenvalue weighted by Crippen LogP contribution is 2.33. The molecule has 8 heteroatoms. The highest BCUT2D eigenvalue weighted by atomic mass is 35.5. The van der Waals surface area contributed by atoms with Gasteiger partial charge in [0.25, 0.3) is 5.69 Å². The van der Waals surface area contributed by atoms with Crippen molar-refractivity contribution >= 4 is 39.9 Å². The van der Waals surface area contributed by atoms with Gasteiger partial charge in [0.2, 0.25) is 0 Å². The lowest BCUT2D eigenvalue weighted by Gasteiger charge is -2.09. The average Bonchev–Trinajstić information content (AvgIpc) is 2.40. The molecule has 0 aliphatic carbocycles. The molecule has 0 saturated heterocycles. The van der Waals surface area contributed by atoms with Gasteiger partial charge in [-0.25, -0.2) is 9.78 Å². The first-order valence-corrected chi connectivity index (χ1v) is 5.62. The molecule has 0 fully saturated rings. The van der Waals surface area contributed by atoms with Gasteiger partial charge in [0.05, 0.1) is 15.6 Å². The number of halogens is 1. The fourth-order valence-corrected chi connectivity index (χ4v) is 1.83. The van der Waals surface area contributed by atoms with E-state index in [1.807, 2.05) is 0 Å². The molecule has 98 valence electrons. The number of nitrogens with zero attached hydrogens (tertiary/aromatic N) is 2. The van der Waals surface area contributed by atoms with Gasteiger partial charge >= 0.3 is 6.03 Å². The molecule has 0 radical (unpaired) electrons. The Morgan fingerprint density at radius 2 is 2.21 bits per heavy atom. The maximum atomic E-state index is 11.4. The smallest absolute Gasteiger partial charge is 0.319 e. The molecule has 0 spiro atoms. The Kier molecular flexibility index (Phi) is 3.48. The van der Waals surface area contributed by atoms with E-state index in [0.29, 0.717) is 5.39 Å². The molecule has 0 aliphatic rings. The molecule has 7 nitrogen and oxygen atoms in total. The van der Waals surface area contributed by atoms with Crippen molar-refractivity contribution in [2.45, 2.75) is 0 Å². The fraction of sp³-hybridized carbons (Fsp3) is 0.0909. The Hall–Kier alpha value is -2.41. The van der Waals surface area contributed by atoms with E-state index in [-0.39, 0.29) is 21.9 Å². The number of urea groups is 1. The van der Waals surface area contributed by atoms with E-state index < -0.39 is 11.0 Å². The third-order valence-corrected chi connectivity index (χ3v) is 2.78. The highest BCUT2D eigenvalue weighted by Gasteiger charge is 2.17. The van der Waals surface area contributed by atoms with Gasteiger partial charge in [0, 0.05) is 24.7 Å². The van der Waals surface area contributed by atoms with Gasteiger partial charge in [0.15, 0.2) is 0 Å². The van der Waals surface area contributed by atoms with Gasteiger partial charge in [-0.05, 0) is 0 Å². The fourth-order valence-electron chi connectivity index (χ4n) is 1.63. The molecule has 1 aromatic carbocycles. The maximum Gasteiger partial charge on any atom is 0.319 e. The summed E-state index contributed by atoms with van der Waals surface area (Å²) in [5, 5.41) is 16.4. The van der Waals surface area contributed by atoms with Crippen molar-refractivity contribution in [2.24, 2.45) is 0 Å². The zero-order chi connectivity index (χ0) is 14.0. The van der Waals surface area contributed by atoms with Crippen LogP contribution in [-0.4, -0.2) is 23.0 Å². The predicted octanol–water partition coefficient (Wildman–Crippen LogP) is 2.55. The molecule has 0 atom stereocenters. The summed E-state index contributed by atoms with van der Waals surface area (Å²) in [6, 6.07) is 3.98. The Balaban J connectivity index is 2.69. The minimum Gasteiger partial charge on any atom is -0.341 e. The summed E-state index contributed by atoms with van der Waals surface area (Å²) in [6.45, 7) is 0. The SMILES string of the molecule is CNC(=O)Nc1c(Cl)cnc2c([N+](=O)[O-])cccc12. The quantitative estimate of drug-likeness (QED) is 0.652. The predicted molar refractivity (Wildman–Crippen MR) is 71.5 cm³/mol. The highest BCUT2D eigenvalue weighted by molar-refractivity contribution is 6.35. The molecule has 1 aromatic heterocycles. The standard InChI is InChI=1S/C11H9ClN4O3/c1-13-11(17)15-9-6-3-2-4-8(16(18)19)10(6)14-5-7(9)12/h2-5H,1H3,(H2,13,14,15,17). The summed E-state index contributed by atoms with van der Waals surface area (Å²) in [5.74, 6) is 0. The molecule has 19 heavy (non-hydrogen) atoms. The summed E-state index contributed by atoms with van der Waals surface area (Å²) in [5.41, 5.74) is 0.312. The van der Waals surface area contributed by atoms with E-state index in [1.54, 1.807) is 6.07 Å². The number of benzene rings is 1. The zero-order valence-electron chi connectivity index (χ0n) is 9.81. The lowest BCUT2D eigenvalue weighted by atomic mass is 10.1. The summed E-state index contributed by atoms with van der Waals surface area (Å²) in [6.07, 6.45) is 1.27. The molecule has 2 rings (SSSR count). The van der Waals surface area contributed by atoms with Crippen LogP contribution in [0, 0.1) is 10.1 Å². The van der Waals surface area contributed by atoms with Gasteiger partial charge < -0.3 is 10.6 Å². The monoisotopic (exact) mass is 280 g/mol.